The fourth-order valence-corrected chi connectivity index (χ4v) is 2.41. The minimum absolute atomic E-state index is 0.245. The maximum absolute atomic E-state index is 12.9. The van der Waals surface area contributed by atoms with E-state index in [-0.39, 0.29) is 5.82 Å². The van der Waals surface area contributed by atoms with Crippen molar-refractivity contribution in [1.82, 2.24) is 10.2 Å². The molecule has 94 valence electrons. The predicted molar refractivity (Wildman–Crippen MR) is 77.1 cm³/mol. The molecule has 3 rings (SSSR count). The lowest BCUT2D eigenvalue weighted by Gasteiger charge is -1.99. The molecular formula is C15H10BrFN2. The zero-order chi connectivity index (χ0) is 13.2. The number of aromatic amines is 1. The van der Waals surface area contributed by atoms with Gasteiger partial charge in [0.2, 0.25) is 0 Å². The van der Waals surface area contributed by atoms with Crippen molar-refractivity contribution in [2.75, 3.05) is 0 Å². The maximum Gasteiger partial charge on any atom is 0.123 e. The Hall–Kier alpha value is -1.94. The third kappa shape index (κ3) is 2.44. The van der Waals surface area contributed by atoms with Gasteiger partial charge in [0.25, 0.3) is 0 Å². The highest BCUT2D eigenvalue weighted by molar-refractivity contribution is 9.10. The average molecular weight is 317 g/mol. The Morgan fingerprint density at radius 2 is 1.74 bits per heavy atom. The molecule has 0 saturated carbocycles. The first-order valence-electron chi connectivity index (χ1n) is 5.80. The molecule has 4 heteroatoms. The van der Waals surface area contributed by atoms with Crippen LogP contribution in [0.3, 0.4) is 0 Å². The Kier molecular flexibility index (Phi) is 3.17. The van der Waals surface area contributed by atoms with Gasteiger partial charge in [0.05, 0.1) is 11.4 Å². The highest BCUT2D eigenvalue weighted by atomic mass is 79.9. The van der Waals surface area contributed by atoms with Gasteiger partial charge in [-0.1, -0.05) is 34.1 Å². The van der Waals surface area contributed by atoms with Crippen LogP contribution in [-0.2, 0) is 0 Å². The van der Waals surface area contributed by atoms with Gasteiger partial charge in [0, 0.05) is 15.6 Å². The van der Waals surface area contributed by atoms with Gasteiger partial charge < -0.3 is 0 Å². The highest BCUT2D eigenvalue weighted by Crippen LogP contribution is 2.29. The summed E-state index contributed by atoms with van der Waals surface area (Å²) in [5.41, 5.74) is 3.65. The molecule has 1 aromatic heterocycles. The molecule has 2 nitrogen and oxygen atoms in total. The molecule has 0 bridgehead atoms. The SMILES string of the molecule is Fc1ccc(-c2cc(-c3ccccc3Br)[nH]n2)cc1. The van der Waals surface area contributed by atoms with Crippen LogP contribution >= 0.6 is 15.9 Å². The van der Waals surface area contributed by atoms with Crippen LogP contribution in [0.25, 0.3) is 22.5 Å². The van der Waals surface area contributed by atoms with Crippen LogP contribution in [0.1, 0.15) is 0 Å². The van der Waals surface area contributed by atoms with Gasteiger partial charge in [-0.15, -0.1) is 0 Å². The van der Waals surface area contributed by atoms with Gasteiger partial charge >= 0.3 is 0 Å². The average Bonchev–Trinajstić information content (AvgIpc) is 2.89. The Balaban J connectivity index is 2.00. The van der Waals surface area contributed by atoms with Crippen LogP contribution < -0.4 is 0 Å². The molecule has 3 aromatic rings. The van der Waals surface area contributed by atoms with Crippen molar-refractivity contribution >= 4 is 15.9 Å². The molecule has 0 aliphatic heterocycles. The number of nitrogens with zero attached hydrogens (tertiary/aromatic N) is 1. The summed E-state index contributed by atoms with van der Waals surface area (Å²) in [6.07, 6.45) is 0. The van der Waals surface area contributed by atoms with Gasteiger partial charge in [-0.3, -0.25) is 5.10 Å². The first-order chi connectivity index (χ1) is 9.24. The van der Waals surface area contributed by atoms with Gasteiger partial charge in [0.1, 0.15) is 5.82 Å². The summed E-state index contributed by atoms with van der Waals surface area (Å²) >= 11 is 3.51. The summed E-state index contributed by atoms with van der Waals surface area (Å²) in [5.74, 6) is -0.245. The van der Waals surface area contributed by atoms with Crippen molar-refractivity contribution in [3.63, 3.8) is 0 Å². The van der Waals surface area contributed by atoms with E-state index in [4.69, 9.17) is 0 Å². The number of hydrogen-bond donors (Lipinski definition) is 1. The van der Waals surface area contributed by atoms with Crippen LogP contribution in [0.15, 0.2) is 59.1 Å². The van der Waals surface area contributed by atoms with Crippen LogP contribution in [0, 0.1) is 5.82 Å². The molecule has 0 unspecified atom stereocenters. The number of benzene rings is 2. The van der Waals surface area contributed by atoms with Crippen molar-refractivity contribution in [2.45, 2.75) is 0 Å². The molecule has 0 amide bonds. The van der Waals surface area contributed by atoms with Gasteiger partial charge in [-0.2, -0.15) is 5.10 Å². The summed E-state index contributed by atoms with van der Waals surface area (Å²) in [5, 5.41) is 7.27. The Labute approximate surface area is 118 Å². The van der Waals surface area contributed by atoms with E-state index in [0.717, 1.165) is 27.0 Å². The van der Waals surface area contributed by atoms with Crippen LogP contribution in [-0.4, -0.2) is 10.2 Å². The molecule has 0 saturated heterocycles. The van der Waals surface area contributed by atoms with E-state index in [9.17, 15) is 4.39 Å². The lowest BCUT2D eigenvalue weighted by atomic mass is 10.1. The first kappa shape index (κ1) is 12.1. The second-order valence-corrected chi connectivity index (χ2v) is 5.01. The van der Waals surface area contributed by atoms with E-state index in [1.54, 1.807) is 12.1 Å². The third-order valence-corrected chi connectivity index (χ3v) is 3.57. The van der Waals surface area contributed by atoms with Crippen molar-refractivity contribution in [3.05, 3.63) is 64.9 Å². The lowest BCUT2D eigenvalue weighted by molar-refractivity contribution is 0.628. The molecule has 0 spiro atoms. The quantitative estimate of drug-likeness (QED) is 0.732. The number of nitrogens with one attached hydrogen (secondary N) is 1. The van der Waals surface area contributed by atoms with E-state index >= 15 is 0 Å². The van der Waals surface area contributed by atoms with Gasteiger partial charge in [-0.25, -0.2) is 4.39 Å². The van der Waals surface area contributed by atoms with Crippen molar-refractivity contribution in [1.29, 1.82) is 0 Å². The minimum atomic E-state index is -0.245. The van der Waals surface area contributed by atoms with Gasteiger partial charge in [-0.05, 0) is 36.4 Å². The first-order valence-corrected chi connectivity index (χ1v) is 6.59. The summed E-state index contributed by atoms with van der Waals surface area (Å²) < 4.78 is 13.9. The van der Waals surface area contributed by atoms with Crippen molar-refractivity contribution < 1.29 is 4.39 Å². The van der Waals surface area contributed by atoms with Crippen molar-refractivity contribution in [3.8, 4) is 22.5 Å². The zero-order valence-electron chi connectivity index (χ0n) is 9.90. The molecule has 0 aliphatic rings. The van der Waals surface area contributed by atoms with Crippen LogP contribution in [0.2, 0.25) is 0 Å². The molecule has 1 N–H and O–H groups in total. The summed E-state index contributed by atoms with van der Waals surface area (Å²) in [4.78, 5) is 0. The Bertz CT molecular complexity index is 704. The Morgan fingerprint density at radius 3 is 2.47 bits per heavy atom. The van der Waals surface area contributed by atoms with Crippen LogP contribution in [0.4, 0.5) is 4.39 Å². The second-order valence-electron chi connectivity index (χ2n) is 4.15. The number of rotatable bonds is 2. The number of halogens is 2. The largest absolute Gasteiger partial charge is 0.277 e. The van der Waals surface area contributed by atoms with Crippen molar-refractivity contribution in [2.24, 2.45) is 0 Å². The topological polar surface area (TPSA) is 28.7 Å². The maximum atomic E-state index is 12.9. The van der Waals surface area contributed by atoms with E-state index in [1.807, 2.05) is 30.3 Å². The Morgan fingerprint density at radius 1 is 1.00 bits per heavy atom. The molecule has 1 heterocycles. The third-order valence-electron chi connectivity index (χ3n) is 2.88. The summed E-state index contributed by atoms with van der Waals surface area (Å²) in [6, 6.07) is 16.2. The monoisotopic (exact) mass is 316 g/mol. The van der Waals surface area contributed by atoms with E-state index in [1.165, 1.54) is 12.1 Å². The fourth-order valence-electron chi connectivity index (χ4n) is 1.91. The fraction of sp³-hybridized carbons (Fsp3) is 0. The number of hydrogen-bond acceptors (Lipinski definition) is 1. The minimum Gasteiger partial charge on any atom is -0.277 e. The smallest absolute Gasteiger partial charge is 0.123 e. The predicted octanol–water partition coefficient (Wildman–Crippen LogP) is 4.65. The standard InChI is InChI=1S/C15H10BrFN2/c16-13-4-2-1-3-12(13)15-9-14(18-19-15)10-5-7-11(17)8-6-10/h1-9H,(H,18,19). The number of H-pyrrole nitrogens is 1. The molecular weight excluding hydrogens is 307 g/mol. The second kappa shape index (κ2) is 4.97. The molecule has 0 aliphatic carbocycles. The van der Waals surface area contributed by atoms with E-state index in [2.05, 4.69) is 26.1 Å². The van der Waals surface area contributed by atoms with E-state index in [0.29, 0.717) is 0 Å². The lowest BCUT2D eigenvalue weighted by Crippen LogP contribution is -1.79. The zero-order valence-corrected chi connectivity index (χ0v) is 11.5. The normalized spacial score (nSPS) is 10.6. The van der Waals surface area contributed by atoms with Crippen LogP contribution in [0.5, 0.6) is 0 Å². The molecule has 0 fully saturated rings. The molecule has 2 aromatic carbocycles. The molecule has 0 radical (unpaired) electrons. The number of aromatic nitrogens is 2. The highest BCUT2D eigenvalue weighted by Gasteiger charge is 2.08. The summed E-state index contributed by atoms with van der Waals surface area (Å²) in [6.45, 7) is 0. The molecule has 19 heavy (non-hydrogen) atoms. The summed E-state index contributed by atoms with van der Waals surface area (Å²) in [7, 11) is 0. The van der Waals surface area contributed by atoms with E-state index < -0.39 is 0 Å². The van der Waals surface area contributed by atoms with Gasteiger partial charge in [0.15, 0.2) is 0 Å². The molecule has 0 atom stereocenters.